The molecule has 0 bridgehead atoms. The molecule has 2 rings (SSSR count). The van der Waals surface area contributed by atoms with Gasteiger partial charge in [0.15, 0.2) is 0 Å². The van der Waals surface area contributed by atoms with Gasteiger partial charge >= 0.3 is 0 Å². The average Bonchev–Trinajstić information content (AvgIpc) is 2.34. The minimum Gasteiger partial charge on any atom is -0.393 e. The molecule has 1 heteroatoms. The zero-order valence-corrected chi connectivity index (χ0v) is 5.06. The Hall–Kier alpha value is -0.0400. The fourth-order valence-electron chi connectivity index (χ4n) is 1.81. The zero-order valence-electron chi connectivity index (χ0n) is 5.06. The van der Waals surface area contributed by atoms with Gasteiger partial charge < -0.3 is 5.11 Å². The van der Waals surface area contributed by atoms with E-state index in [9.17, 15) is 0 Å². The van der Waals surface area contributed by atoms with E-state index in [4.69, 9.17) is 5.11 Å². The van der Waals surface area contributed by atoms with Gasteiger partial charge in [-0.2, -0.15) is 0 Å². The maximum absolute atomic E-state index is 9.10. The molecule has 8 heavy (non-hydrogen) atoms. The normalized spacial score (nSPS) is 40.9. The van der Waals surface area contributed by atoms with Crippen LogP contribution in [-0.4, -0.2) is 11.2 Å². The van der Waals surface area contributed by atoms with Crippen LogP contribution >= 0.6 is 0 Å². The summed E-state index contributed by atoms with van der Waals surface area (Å²) in [7, 11) is 0. The van der Waals surface area contributed by atoms with Crippen molar-refractivity contribution in [3.05, 3.63) is 0 Å². The Labute approximate surface area is 49.7 Å². The van der Waals surface area contributed by atoms with E-state index in [-0.39, 0.29) is 6.10 Å². The summed E-state index contributed by atoms with van der Waals surface area (Å²) in [6.45, 7) is 0. The van der Waals surface area contributed by atoms with Crippen LogP contribution in [0.3, 0.4) is 0 Å². The number of hydrogen-bond donors (Lipinski definition) is 1. The largest absolute Gasteiger partial charge is 0.393 e. The molecule has 2 fully saturated rings. The molecule has 0 heterocycles. The monoisotopic (exact) mass is 112 g/mol. The van der Waals surface area contributed by atoms with Crippen LogP contribution in [0.15, 0.2) is 0 Å². The summed E-state index contributed by atoms with van der Waals surface area (Å²) in [6.07, 6.45) is 6.31. The molecule has 1 N–H and O–H groups in total. The zero-order chi connectivity index (χ0) is 5.61. The molecule has 0 unspecified atom stereocenters. The molecule has 0 radical (unpaired) electrons. The van der Waals surface area contributed by atoms with Crippen LogP contribution in [0.5, 0.6) is 0 Å². The summed E-state index contributed by atoms with van der Waals surface area (Å²) < 4.78 is 0. The second-order valence-electron chi connectivity index (χ2n) is 3.40. The molecule has 2 aliphatic rings. The van der Waals surface area contributed by atoms with Crippen LogP contribution in [-0.2, 0) is 0 Å². The van der Waals surface area contributed by atoms with Crippen LogP contribution in [0.25, 0.3) is 0 Å². The van der Waals surface area contributed by atoms with Crippen molar-refractivity contribution in [1.29, 1.82) is 0 Å². The summed E-state index contributed by atoms with van der Waals surface area (Å²) in [6, 6.07) is 0. The minimum absolute atomic E-state index is 0.0532. The van der Waals surface area contributed by atoms with Crippen molar-refractivity contribution in [1.82, 2.24) is 0 Å². The lowest BCUT2D eigenvalue weighted by molar-refractivity contribution is 0.176. The summed E-state index contributed by atoms with van der Waals surface area (Å²) >= 11 is 0. The summed E-state index contributed by atoms with van der Waals surface area (Å²) in [4.78, 5) is 0. The van der Waals surface area contributed by atoms with E-state index in [1.54, 1.807) is 0 Å². The predicted octanol–water partition coefficient (Wildman–Crippen LogP) is 1.31. The molecule has 0 aromatic carbocycles. The van der Waals surface area contributed by atoms with Gasteiger partial charge in [-0.15, -0.1) is 0 Å². The van der Waals surface area contributed by atoms with E-state index in [0.29, 0.717) is 5.41 Å². The van der Waals surface area contributed by atoms with Crippen LogP contribution in [0.1, 0.15) is 32.1 Å². The highest BCUT2D eigenvalue weighted by Crippen LogP contribution is 2.57. The van der Waals surface area contributed by atoms with Crippen molar-refractivity contribution in [2.45, 2.75) is 38.2 Å². The van der Waals surface area contributed by atoms with Crippen molar-refractivity contribution in [2.24, 2.45) is 5.41 Å². The number of rotatable bonds is 0. The summed E-state index contributed by atoms with van der Waals surface area (Å²) in [5.41, 5.74) is 0.666. The lowest BCUT2D eigenvalue weighted by atomic mass is 10.1. The molecular weight excluding hydrogens is 100 g/mol. The number of aliphatic hydroxyl groups is 1. The van der Waals surface area contributed by atoms with E-state index in [0.717, 1.165) is 12.8 Å². The molecule has 0 amide bonds. The summed E-state index contributed by atoms with van der Waals surface area (Å²) in [5, 5.41) is 9.10. The topological polar surface area (TPSA) is 20.2 Å². The third-order valence-corrected chi connectivity index (χ3v) is 2.63. The maximum Gasteiger partial charge on any atom is 0.0545 e. The van der Waals surface area contributed by atoms with Gasteiger partial charge in [0.2, 0.25) is 0 Å². The highest BCUT2D eigenvalue weighted by Gasteiger charge is 2.47. The molecule has 46 valence electrons. The molecule has 1 spiro atoms. The fourth-order valence-corrected chi connectivity index (χ4v) is 1.81. The quantitative estimate of drug-likeness (QED) is 0.501. The summed E-state index contributed by atoms with van der Waals surface area (Å²) in [5.74, 6) is 0. The van der Waals surface area contributed by atoms with E-state index in [1.165, 1.54) is 19.3 Å². The van der Waals surface area contributed by atoms with E-state index < -0.39 is 0 Å². The molecular formula is C7H12O. The molecule has 1 nitrogen and oxygen atoms in total. The molecule has 0 aromatic rings. The first kappa shape index (κ1) is 4.80. The Bertz CT molecular complexity index is 105. The molecule has 0 saturated heterocycles. The second-order valence-corrected chi connectivity index (χ2v) is 3.40. The van der Waals surface area contributed by atoms with E-state index >= 15 is 0 Å². The van der Waals surface area contributed by atoms with E-state index in [1.807, 2.05) is 0 Å². The first-order valence-electron chi connectivity index (χ1n) is 3.49. The maximum atomic E-state index is 9.10. The van der Waals surface area contributed by atoms with Crippen molar-refractivity contribution in [3.8, 4) is 0 Å². The minimum atomic E-state index is 0.0532. The lowest BCUT2D eigenvalue weighted by Gasteiger charge is -2.00. The third kappa shape index (κ3) is 0.576. The molecule has 1 atom stereocenters. The van der Waals surface area contributed by atoms with Crippen molar-refractivity contribution >= 4 is 0 Å². The first-order chi connectivity index (χ1) is 3.81. The van der Waals surface area contributed by atoms with Gasteiger partial charge in [0.05, 0.1) is 6.10 Å². The Morgan fingerprint density at radius 1 is 1.25 bits per heavy atom. The molecule has 0 aromatic heterocycles. The van der Waals surface area contributed by atoms with Crippen LogP contribution < -0.4 is 0 Å². The van der Waals surface area contributed by atoms with Crippen LogP contribution in [0, 0.1) is 5.41 Å². The van der Waals surface area contributed by atoms with Crippen LogP contribution in [0.4, 0.5) is 0 Å². The van der Waals surface area contributed by atoms with E-state index in [2.05, 4.69) is 0 Å². The average molecular weight is 112 g/mol. The molecule has 2 aliphatic carbocycles. The van der Waals surface area contributed by atoms with Gasteiger partial charge in [0.1, 0.15) is 0 Å². The van der Waals surface area contributed by atoms with Gasteiger partial charge in [0, 0.05) is 0 Å². The van der Waals surface area contributed by atoms with Crippen molar-refractivity contribution in [2.75, 3.05) is 0 Å². The Morgan fingerprint density at radius 3 is 2.25 bits per heavy atom. The second kappa shape index (κ2) is 1.27. The van der Waals surface area contributed by atoms with Gasteiger partial charge in [-0.1, -0.05) is 0 Å². The predicted molar refractivity (Wildman–Crippen MR) is 31.5 cm³/mol. The van der Waals surface area contributed by atoms with Crippen molar-refractivity contribution < 1.29 is 5.11 Å². The smallest absolute Gasteiger partial charge is 0.0545 e. The van der Waals surface area contributed by atoms with Gasteiger partial charge in [-0.25, -0.2) is 0 Å². The Kier molecular flexibility index (Phi) is 0.762. The number of aliphatic hydroxyl groups excluding tert-OH is 1. The van der Waals surface area contributed by atoms with Gasteiger partial charge in [-0.05, 0) is 37.5 Å². The SMILES string of the molecule is O[C@H]1CCC2(CC2)C1. The van der Waals surface area contributed by atoms with Gasteiger partial charge in [-0.3, -0.25) is 0 Å². The number of hydrogen-bond acceptors (Lipinski definition) is 1. The lowest BCUT2D eigenvalue weighted by Crippen LogP contribution is -1.99. The highest BCUT2D eigenvalue weighted by molar-refractivity contribution is 4.99. The van der Waals surface area contributed by atoms with Gasteiger partial charge in [0.25, 0.3) is 0 Å². The molecule has 2 saturated carbocycles. The van der Waals surface area contributed by atoms with Crippen LogP contribution in [0.2, 0.25) is 0 Å². The fraction of sp³-hybridized carbons (Fsp3) is 1.00. The van der Waals surface area contributed by atoms with Crippen molar-refractivity contribution in [3.63, 3.8) is 0 Å². The third-order valence-electron chi connectivity index (χ3n) is 2.63. The first-order valence-corrected chi connectivity index (χ1v) is 3.49. The highest BCUT2D eigenvalue weighted by atomic mass is 16.3. The molecule has 0 aliphatic heterocycles. The Morgan fingerprint density at radius 2 is 2.00 bits per heavy atom. The standard InChI is InChI=1S/C7H12O/c8-6-1-2-7(5-6)3-4-7/h6,8H,1-5H2/t6-/m0/s1. The Balaban J connectivity index is 2.03.